The molecule has 0 fully saturated rings. The van der Waals surface area contributed by atoms with Crippen LogP contribution in [0.3, 0.4) is 0 Å². The molecule has 0 aliphatic rings. The fourth-order valence-electron chi connectivity index (χ4n) is 3.74. The van der Waals surface area contributed by atoms with Gasteiger partial charge in [-0.05, 0) is 56.6 Å². The van der Waals surface area contributed by atoms with E-state index in [0.717, 1.165) is 35.1 Å². The molecule has 4 aromatic rings. The van der Waals surface area contributed by atoms with Gasteiger partial charge in [0.2, 0.25) is 11.9 Å². The third-order valence-electron chi connectivity index (χ3n) is 5.94. The molecule has 0 saturated carbocycles. The highest BCUT2D eigenvalue weighted by molar-refractivity contribution is 7.17. The lowest BCUT2D eigenvalue weighted by atomic mass is 10.2. The molecule has 0 unspecified atom stereocenters. The molecule has 1 amide bonds. The Balaban J connectivity index is 1.62. The van der Waals surface area contributed by atoms with Crippen LogP contribution in [0.5, 0.6) is 11.5 Å². The zero-order valence-corrected chi connectivity index (χ0v) is 24.0. The smallest absolute Gasteiger partial charge is 0.247 e. The number of aromatic nitrogens is 4. The number of rotatable bonds is 12. The van der Waals surface area contributed by atoms with Gasteiger partial charge in [-0.3, -0.25) is 4.79 Å². The molecular weight excluding hydrogens is 528 g/mol. The van der Waals surface area contributed by atoms with Crippen molar-refractivity contribution in [3.8, 4) is 32.8 Å². The zero-order valence-electron chi connectivity index (χ0n) is 23.1. The van der Waals surface area contributed by atoms with E-state index in [0.29, 0.717) is 33.8 Å². The largest absolute Gasteiger partial charge is 0.497 e. The van der Waals surface area contributed by atoms with E-state index in [1.54, 1.807) is 32.5 Å². The lowest BCUT2D eigenvalue weighted by molar-refractivity contribution is -0.111. The molecule has 0 aliphatic carbocycles. The highest BCUT2D eigenvalue weighted by atomic mass is 32.1. The fraction of sp³-hybridized carbons (Fsp3) is 0.250. The first-order valence-electron chi connectivity index (χ1n) is 12.4. The predicted octanol–water partition coefficient (Wildman–Crippen LogP) is 4.55. The average molecular weight is 561 g/mol. The monoisotopic (exact) mass is 560 g/mol. The molecule has 11 nitrogen and oxygen atoms in total. The molecule has 2 aromatic carbocycles. The quantitative estimate of drug-likeness (QED) is 0.239. The molecule has 0 spiro atoms. The number of anilines is 4. The minimum absolute atomic E-state index is 0.319. The summed E-state index contributed by atoms with van der Waals surface area (Å²) in [4.78, 5) is 25.4. The van der Waals surface area contributed by atoms with Crippen LogP contribution in [-0.4, -0.2) is 79.4 Å². The zero-order chi connectivity index (χ0) is 28.6. The Morgan fingerprint density at radius 1 is 1.00 bits per heavy atom. The van der Waals surface area contributed by atoms with Crippen LogP contribution in [0.25, 0.3) is 21.3 Å². The third-order valence-corrected chi connectivity index (χ3v) is 6.93. The van der Waals surface area contributed by atoms with Gasteiger partial charge >= 0.3 is 0 Å². The average Bonchev–Trinajstić information content (AvgIpc) is 3.47. The molecule has 0 aliphatic heterocycles. The SMILES string of the molecule is C=CC(=O)Nc1cc(Nc2nccc(-c3nnc(-c4ccc(OC)cc4)s3)n2)c(OC)cc1N(C)CCN(C)C. The van der Waals surface area contributed by atoms with Crippen LogP contribution in [0, 0.1) is 0 Å². The molecule has 0 saturated heterocycles. The van der Waals surface area contributed by atoms with Crippen molar-refractivity contribution in [2.75, 3.05) is 64.0 Å². The van der Waals surface area contributed by atoms with Crippen LogP contribution >= 0.6 is 11.3 Å². The van der Waals surface area contributed by atoms with Gasteiger partial charge in [-0.1, -0.05) is 17.9 Å². The van der Waals surface area contributed by atoms with Crippen LogP contribution in [0.4, 0.5) is 23.0 Å². The molecule has 40 heavy (non-hydrogen) atoms. The molecule has 4 rings (SSSR count). The van der Waals surface area contributed by atoms with Gasteiger partial charge in [0.1, 0.15) is 22.2 Å². The second-order valence-corrected chi connectivity index (χ2v) is 10.00. The van der Waals surface area contributed by atoms with Crippen molar-refractivity contribution < 1.29 is 14.3 Å². The molecule has 2 N–H and O–H groups in total. The predicted molar refractivity (Wildman–Crippen MR) is 160 cm³/mol. The Morgan fingerprint density at radius 3 is 2.42 bits per heavy atom. The summed E-state index contributed by atoms with van der Waals surface area (Å²) in [6.07, 6.45) is 2.88. The molecule has 0 bridgehead atoms. The maximum atomic E-state index is 12.2. The first-order valence-corrected chi connectivity index (χ1v) is 13.2. The molecule has 0 atom stereocenters. The minimum atomic E-state index is -0.319. The Labute approximate surface area is 237 Å². The lowest BCUT2D eigenvalue weighted by Crippen LogP contribution is -2.29. The maximum absolute atomic E-state index is 12.2. The van der Waals surface area contributed by atoms with E-state index in [-0.39, 0.29) is 5.91 Å². The summed E-state index contributed by atoms with van der Waals surface area (Å²) in [6, 6.07) is 13.1. The van der Waals surface area contributed by atoms with Crippen LogP contribution < -0.4 is 25.0 Å². The van der Waals surface area contributed by atoms with E-state index in [1.807, 2.05) is 51.5 Å². The van der Waals surface area contributed by atoms with E-state index in [1.165, 1.54) is 17.4 Å². The summed E-state index contributed by atoms with van der Waals surface area (Å²) in [5, 5.41) is 16.2. The van der Waals surface area contributed by atoms with Crippen molar-refractivity contribution in [1.82, 2.24) is 25.1 Å². The molecule has 0 radical (unpaired) electrons. The van der Waals surface area contributed by atoms with Gasteiger partial charge in [0.15, 0.2) is 5.01 Å². The number of amides is 1. The van der Waals surface area contributed by atoms with Gasteiger partial charge in [-0.2, -0.15) is 0 Å². The number of carbonyl (C=O) groups is 1. The van der Waals surface area contributed by atoms with E-state index < -0.39 is 0 Å². The van der Waals surface area contributed by atoms with Crippen molar-refractivity contribution in [2.24, 2.45) is 0 Å². The molecular formula is C28H32N8O3S. The van der Waals surface area contributed by atoms with Crippen molar-refractivity contribution in [3.05, 3.63) is 61.3 Å². The summed E-state index contributed by atoms with van der Waals surface area (Å²) in [7, 11) is 9.20. The first kappa shape index (κ1) is 28.5. The topological polar surface area (TPSA) is 118 Å². The molecule has 2 aromatic heterocycles. The normalized spacial score (nSPS) is 10.8. The minimum Gasteiger partial charge on any atom is -0.497 e. The summed E-state index contributed by atoms with van der Waals surface area (Å²) < 4.78 is 10.9. The van der Waals surface area contributed by atoms with Crippen molar-refractivity contribution in [1.29, 1.82) is 0 Å². The maximum Gasteiger partial charge on any atom is 0.247 e. The number of carbonyl (C=O) groups excluding carboxylic acids is 1. The fourth-order valence-corrected chi connectivity index (χ4v) is 4.56. The Bertz CT molecular complexity index is 1470. The number of ether oxygens (including phenoxy) is 2. The van der Waals surface area contributed by atoms with E-state index in [4.69, 9.17) is 9.47 Å². The number of methoxy groups -OCH3 is 2. The van der Waals surface area contributed by atoms with E-state index in [2.05, 4.69) is 47.2 Å². The highest BCUT2D eigenvalue weighted by Crippen LogP contribution is 2.38. The first-order chi connectivity index (χ1) is 19.3. The standard InChI is InChI=1S/C28H32N8O3S/c1-7-25(37)30-21-16-22(24(39-6)17-23(21)36(4)15-14-35(2)3)32-28-29-13-12-20(31-28)27-34-33-26(40-27)18-8-10-19(38-5)11-9-18/h7-13,16-17H,1,14-15H2,2-6H3,(H,30,37)(H,29,31,32). The van der Waals surface area contributed by atoms with Gasteiger partial charge < -0.3 is 29.9 Å². The third kappa shape index (κ3) is 6.90. The van der Waals surface area contributed by atoms with Crippen LogP contribution in [0.15, 0.2) is 61.3 Å². The highest BCUT2D eigenvalue weighted by Gasteiger charge is 2.17. The number of likely N-dealkylation sites (N-methyl/N-ethyl adjacent to an activating group) is 2. The second-order valence-electron chi connectivity index (χ2n) is 9.02. The van der Waals surface area contributed by atoms with Crippen molar-refractivity contribution in [2.45, 2.75) is 0 Å². The van der Waals surface area contributed by atoms with Crippen LogP contribution in [-0.2, 0) is 4.79 Å². The Morgan fingerprint density at radius 2 is 1.75 bits per heavy atom. The Kier molecular flexibility index (Phi) is 9.25. The summed E-state index contributed by atoms with van der Waals surface area (Å²) in [5.74, 6) is 1.36. The number of benzene rings is 2. The van der Waals surface area contributed by atoms with Crippen LogP contribution in [0.2, 0.25) is 0 Å². The van der Waals surface area contributed by atoms with Gasteiger partial charge in [0, 0.05) is 38.0 Å². The van der Waals surface area contributed by atoms with E-state index >= 15 is 0 Å². The number of nitrogens with zero attached hydrogens (tertiary/aromatic N) is 6. The summed E-state index contributed by atoms with van der Waals surface area (Å²) in [6.45, 7) is 5.15. The van der Waals surface area contributed by atoms with Gasteiger partial charge in [0.25, 0.3) is 0 Å². The number of hydrogen-bond donors (Lipinski definition) is 2. The van der Waals surface area contributed by atoms with Crippen molar-refractivity contribution in [3.63, 3.8) is 0 Å². The number of hydrogen-bond acceptors (Lipinski definition) is 11. The van der Waals surface area contributed by atoms with Crippen molar-refractivity contribution >= 4 is 40.3 Å². The van der Waals surface area contributed by atoms with Gasteiger partial charge in [0.05, 0.1) is 31.3 Å². The molecule has 2 heterocycles. The second kappa shape index (κ2) is 13.0. The van der Waals surface area contributed by atoms with E-state index in [9.17, 15) is 4.79 Å². The molecule has 208 valence electrons. The van der Waals surface area contributed by atoms with Crippen LogP contribution in [0.1, 0.15) is 0 Å². The summed E-state index contributed by atoms with van der Waals surface area (Å²) in [5.41, 5.74) is 3.54. The Hall–Kier alpha value is -4.55. The van der Waals surface area contributed by atoms with Gasteiger partial charge in [-0.25, -0.2) is 9.97 Å². The summed E-state index contributed by atoms with van der Waals surface area (Å²) >= 11 is 1.43. The lowest BCUT2D eigenvalue weighted by Gasteiger charge is -2.26. The number of nitrogens with one attached hydrogen (secondary N) is 2. The molecule has 12 heteroatoms. The van der Waals surface area contributed by atoms with Gasteiger partial charge in [-0.15, -0.1) is 10.2 Å².